The van der Waals surface area contributed by atoms with Crippen molar-refractivity contribution in [1.82, 2.24) is 0 Å². The van der Waals surface area contributed by atoms with Gasteiger partial charge >= 0.3 is 0 Å². The van der Waals surface area contributed by atoms with Crippen LogP contribution in [0.4, 0.5) is 0 Å². The summed E-state index contributed by atoms with van der Waals surface area (Å²) < 4.78 is 8.64. The molecular weight excluding hydrogens is 532 g/mol. The van der Waals surface area contributed by atoms with Crippen molar-refractivity contribution in [2.75, 3.05) is 0 Å². The van der Waals surface area contributed by atoms with Crippen molar-refractivity contribution in [2.45, 2.75) is 0 Å². The molecule has 6 aromatic carbocycles. The molecular formula is C38H20N2OS. The molecule has 42 heavy (non-hydrogen) atoms. The van der Waals surface area contributed by atoms with E-state index in [1.165, 1.54) is 14.8 Å². The SMILES string of the molecule is N#Cc1c(-c2ccc3sc4ccccc4c3c2)cc(-c2cccc3oc4ccccc4c23)c(C#N)c1-c1ccccc1. The Labute approximate surface area is 245 Å². The third kappa shape index (κ3) is 3.57. The topological polar surface area (TPSA) is 60.7 Å². The molecule has 0 amide bonds. The first-order chi connectivity index (χ1) is 20.7. The largest absolute Gasteiger partial charge is 0.456 e. The van der Waals surface area contributed by atoms with Crippen LogP contribution in [-0.4, -0.2) is 0 Å². The van der Waals surface area contributed by atoms with Crippen molar-refractivity contribution in [2.24, 2.45) is 0 Å². The van der Waals surface area contributed by atoms with Gasteiger partial charge in [-0.2, -0.15) is 10.5 Å². The quantitative estimate of drug-likeness (QED) is 0.219. The summed E-state index contributed by atoms with van der Waals surface area (Å²) in [5.74, 6) is 0. The Bertz CT molecular complexity index is 2430. The molecule has 0 atom stereocenters. The average Bonchev–Trinajstić information content (AvgIpc) is 3.62. The smallest absolute Gasteiger partial charge is 0.136 e. The summed E-state index contributed by atoms with van der Waals surface area (Å²) in [7, 11) is 0. The molecule has 8 rings (SSSR count). The number of thiophene rings is 1. The van der Waals surface area contributed by atoms with E-state index in [1.54, 1.807) is 11.3 Å². The van der Waals surface area contributed by atoms with Crippen LogP contribution in [0, 0.1) is 22.7 Å². The van der Waals surface area contributed by atoms with Gasteiger partial charge in [-0.3, -0.25) is 0 Å². The van der Waals surface area contributed by atoms with Crippen LogP contribution in [0.25, 0.3) is 75.5 Å². The lowest BCUT2D eigenvalue weighted by Gasteiger charge is -2.17. The van der Waals surface area contributed by atoms with Gasteiger partial charge in [0.05, 0.1) is 11.1 Å². The van der Waals surface area contributed by atoms with E-state index in [0.717, 1.165) is 55.1 Å². The van der Waals surface area contributed by atoms with Gasteiger partial charge in [0.2, 0.25) is 0 Å². The van der Waals surface area contributed by atoms with Gasteiger partial charge in [0, 0.05) is 47.6 Å². The Hall–Kier alpha value is -5.68. The van der Waals surface area contributed by atoms with Gasteiger partial charge in [-0.25, -0.2) is 0 Å². The number of nitrogens with zero attached hydrogens (tertiary/aromatic N) is 2. The summed E-state index contributed by atoms with van der Waals surface area (Å²) in [6.07, 6.45) is 0. The van der Waals surface area contributed by atoms with Gasteiger partial charge in [0.15, 0.2) is 0 Å². The molecule has 4 heteroatoms. The summed E-state index contributed by atoms with van der Waals surface area (Å²) in [6.45, 7) is 0. The number of rotatable bonds is 3. The van der Waals surface area contributed by atoms with Crippen LogP contribution in [0.3, 0.4) is 0 Å². The predicted octanol–water partition coefficient (Wildman–Crippen LogP) is 10.7. The second-order valence-electron chi connectivity index (χ2n) is 10.3. The minimum absolute atomic E-state index is 0.473. The fourth-order valence-corrected chi connectivity index (χ4v) is 7.23. The van der Waals surface area contributed by atoms with Crippen LogP contribution in [0.1, 0.15) is 11.1 Å². The second kappa shape index (κ2) is 9.46. The highest BCUT2D eigenvalue weighted by atomic mass is 32.1. The van der Waals surface area contributed by atoms with Crippen LogP contribution in [-0.2, 0) is 0 Å². The molecule has 2 heterocycles. The highest BCUT2D eigenvalue weighted by Gasteiger charge is 2.24. The standard InChI is InChI=1S/C38H20N2OS/c39-21-31-28(24-17-18-36-30(19-24)25-11-5-7-16-35(25)42-36)20-29(32(22-40)37(31)23-9-2-1-3-10-23)26-13-8-15-34-38(26)27-12-4-6-14-33(27)41-34/h1-20H. The molecule has 0 saturated heterocycles. The van der Waals surface area contributed by atoms with Crippen molar-refractivity contribution in [3.05, 3.63) is 132 Å². The Kier molecular flexibility index (Phi) is 5.44. The van der Waals surface area contributed by atoms with Gasteiger partial charge < -0.3 is 4.42 Å². The van der Waals surface area contributed by atoms with E-state index in [4.69, 9.17) is 4.42 Å². The van der Waals surface area contributed by atoms with Crippen molar-refractivity contribution >= 4 is 53.4 Å². The van der Waals surface area contributed by atoms with E-state index in [0.29, 0.717) is 16.7 Å². The maximum absolute atomic E-state index is 10.7. The minimum Gasteiger partial charge on any atom is -0.456 e. The molecule has 0 bridgehead atoms. The Morgan fingerprint density at radius 2 is 1.19 bits per heavy atom. The van der Waals surface area contributed by atoms with Gasteiger partial charge in [-0.15, -0.1) is 11.3 Å². The monoisotopic (exact) mass is 552 g/mol. The first-order valence-electron chi connectivity index (χ1n) is 13.6. The summed E-state index contributed by atoms with van der Waals surface area (Å²) in [6, 6.07) is 45.5. The van der Waals surface area contributed by atoms with E-state index in [1.807, 2.05) is 72.8 Å². The Balaban J connectivity index is 1.51. The molecule has 0 saturated carbocycles. The first-order valence-corrected chi connectivity index (χ1v) is 14.5. The molecule has 8 aromatic rings. The third-order valence-electron chi connectivity index (χ3n) is 7.99. The fourth-order valence-electron chi connectivity index (χ4n) is 6.14. The lowest BCUT2D eigenvalue weighted by molar-refractivity contribution is 0.669. The zero-order valence-corrected chi connectivity index (χ0v) is 23.1. The number of hydrogen-bond acceptors (Lipinski definition) is 4. The minimum atomic E-state index is 0.473. The number of hydrogen-bond donors (Lipinski definition) is 0. The van der Waals surface area contributed by atoms with Gasteiger partial charge in [0.25, 0.3) is 0 Å². The van der Waals surface area contributed by atoms with E-state index >= 15 is 0 Å². The third-order valence-corrected chi connectivity index (χ3v) is 9.15. The molecule has 0 aliphatic carbocycles. The van der Waals surface area contributed by atoms with Crippen molar-refractivity contribution in [1.29, 1.82) is 10.5 Å². The van der Waals surface area contributed by atoms with Crippen LogP contribution in [0.2, 0.25) is 0 Å². The number of para-hydroxylation sites is 1. The zero-order valence-electron chi connectivity index (χ0n) is 22.3. The van der Waals surface area contributed by atoms with Crippen LogP contribution < -0.4 is 0 Å². The fraction of sp³-hybridized carbons (Fsp3) is 0. The molecule has 2 aromatic heterocycles. The molecule has 0 fully saturated rings. The molecule has 0 radical (unpaired) electrons. The molecule has 0 unspecified atom stereocenters. The molecule has 194 valence electrons. The van der Waals surface area contributed by atoms with Crippen molar-refractivity contribution in [3.8, 4) is 45.5 Å². The lowest BCUT2D eigenvalue weighted by atomic mass is 9.83. The van der Waals surface area contributed by atoms with Crippen LogP contribution in [0.15, 0.2) is 126 Å². The molecule has 0 aliphatic heterocycles. The highest BCUT2D eigenvalue weighted by Crippen LogP contribution is 2.45. The zero-order chi connectivity index (χ0) is 28.2. The lowest BCUT2D eigenvalue weighted by Crippen LogP contribution is -1.98. The number of nitriles is 2. The number of fused-ring (bicyclic) bond motifs is 6. The second-order valence-corrected chi connectivity index (χ2v) is 11.4. The van der Waals surface area contributed by atoms with Crippen molar-refractivity contribution in [3.63, 3.8) is 0 Å². The van der Waals surface area contributed by atoms with Gasteiger partial charge in [-0.1, -0.05) is 84.9 Å². The summed E-state index contributed by atoms with van der Waals surface area (Å²) in [4.78, 5) is 0. The first kappa shape index (κ1) is 24.1. The van der Waals surface area contributed by atoms with Gasteiger partial charge in [0.1, 0.15) is 23.3 Å². The summed E-state index contributed by atoms with van der Waals surface area (Å²) >= 11 is 1.77. The molecule has 3 nitrogen and oxygen atoms in total. The number of benzene rings is 6. The summed E-state index contributed by atoms with van der Waals surface area (Å²) in [5.41, 5.74) is 7.42. The molecule has 0 aliphatic rings. The average molecular weight is 553 g/mol. The molecule has 0 spiro atoms. The maximum Gasteiger partial charge on any atom is 0.136 e. The molecule has 0 N–H and O–H groups in total. The van der Waals surface area contributed by atoms with E-state index < -0.39 is 0 Å². The van der Waals surface area contributed by atoms with Crippen LogP contribution in [0.5, 0.6) is 0 Å². The Morgan fingerprint density at radius 3 is 2.02 bits per heavy atom. The predicted molar refractivity (Wildman–Crippen MR) is 172 cm³/mol. The highest BCUT2D eigenvalue weighted by molar-refractivity contribution is 7.25. The maximum atomic E-state index is 10.7. The van der Waals surface area contributed by atoms with E-state index in [9.17, 15) is 10.5 Å². The van der Waals surface area contributed by atoms with Crippen molar-refractivity contribution < 1.29 is 4.42 Å². The summed E-state index contributed by atoms with van der Waals surface area (Å²) in [5, 5.41) is 25.7. The Morgan fingerprint density at radius 1 is 0.500 bits per heavy atom. The number of furan rings is 1. The van der Waals surface area contributed by atoms with Gasteiger partial charge in [-0.05, 0) is 53.1 Å². The van der Waals surface area contributed by atoms with E-state index in [-0.39, 0.29) is 0 Å². The van der Waals surface area contributed by atoms with E-state index in [2.05, 4.69) is 60.7 Å². The normalized spacial score (nSPS) is 11.3. The van der Waals surface area contributed by atoms with Crippen LogP contribution >= 0.6 is 11.3 Å².